The van der Waals surface area contributed by atoms with Crippen LogP contribution in [0.3, 0.4) is 0 Å². The van der Waals surface area contributed by atoms with E-state index in [-0.39, 0.29) is 0 Å². The predicted molar refractivity (Wildman–Crippen MR) is 215 cm³/mol. The van der Waals surface area contributed by atoms with Crippen LogP contribution in [0, 0.1) is 0 Å². The van der Waals surface area contributed by atoms with E-state index in [2.05, 4.69) is 155 Å². The third kappa shape index (κ3) is 4.47. The van der Waals surface area contributed by atoms with Crippen LogP contribution < -0.4 is 0 Å². The molecule has 0 unspecified atom stereocenters. The molecular weight excluding hydrogens is 641 g/mol. The molecule has 11 rings (SSSR count). The number of benzene rings is 7. The van der Waals surface area contributed by atoms with E-state index in [1.54, 1.807) is 0 Å². The first-order valence-corrected chi connectivity index (χ1v) is 18.0. The summed E-state index contributed by atoms with van der Waals surface area (Å²) in [6.07, 6.45) is 3.86. The molecule has 4 aromatic heterocycles. The minimum atomic E-state index is 0.916. The highest BCUT2D eigenvalue weighted by molar-refractivity contribution is 7.25. The molecule has 0 aliphatic heterocycles. The average Bonchev–Trinajstić information content (AvgIpc) is 3.86. The van der Waals surface area contributed by atoms with Crippen molar-refractivity contribution in [2.75, 3.05) is 0 Å². The molecule has 0 aliphatic rings. The molecule has 0 amide bonds. The van der Waals surface area contributed by atoms with Crippen LogP contribution in [-0.2, 0) is 0 Å². The summed E-state index contributed by atoms with van der Waals surface area (Å²) in [5.74, 6) is 0. The highest BCUT2D eigenvalue weighted by Crippen LogP contribution is 2.40. The summed E-state index contributed by atoms with van der Waals surface area (Å²) in [6, 6.07) is 57.0. The second-order valence-electron chi connectivity index (χ2n) is 13.2. The van der Waals surface area contributed by atoms with E-state index in [9.17, 15) is 0 Å². The SMILES string of the molecule is c1cc(-c2cccc(-c3ccc4sc5ccc(-n6c7ccccc7c7ccncc76)cc5c4c3)c2)cc(-c2ccc3oc4ccccc4c3c2)c1. The summed E-state index contributed by atoms with van der Waals surface area (Å²) in [6.45, 7) is 0. The van der Waals surface area contributed by atoms with Crippen LogP contribution in [-0.4, -0.2) is 9.55 Å². The fourth-order valence-electron chi connectivity index (χ4n) is 7.84. The van der Waals surface area contributed by atoms with Crippen molar-refractivity contribution < 1.29 is 4.42 Å². The van der Waals surface area contributed by atoms with Gasteiger partial charge in [-0.25, -0.2) is 0 Å². The molecule has 0 N–H and O–H groups in total. The zero-order valence-corrected chi connectivity index (χ0v) is 28.2. The fraction of sp³-hybridized carbons (Fsp3) is 0. The van der Waals surface area contributed by atoms with Gasteiger partial charge in [-0.1, -0.05) is 84.9 Å². The third-order valence-corrected chi connectivity index (χ3v) is 11.4. The van der Waals surface area contributed by atoms with Gasteiger partial charge in [0.25, 0.3) is 0 Å². The molecule has 0 bridgehead atoms. The second-order valence-corrected chi connectivity index (χ2v) is 14.3. The van der Waals surface area contributed by atoms with Gasteiger partial charge < -0.3 is 8.98 Å². The van der Waals surface area contributed by atoms with Crippen molar-refractivity contribution in [1.82, 2.24) is 9.55 Å². The lowest BCUT2D eigenvalue weighted by Gasteiger charge is -2.09. The molecule has 3 nitrogen and oxygen atoms in total. The molecular formula is C47H28N2OS. The molecule has 4 heterocycles. The summed E-state index contributed by atoms with van der Waals surface area (Å²) in [5.41, 5.74) is 12.5. The Labute approximate surface area is 297 Å². The minimum Gasteiger partial charge on any atom is -0.456 e. The number of rotatable bonds is 4. The number of nitrogens with zero attached hydrogens (tertiary/aromatic N) is 2. The molecule has 238 valence electrons. The van der Waals surface area contributed by atoms with Gasteiger partial charge in [0.1, 0.15) is 11.2 Å². The van der Waals surface area contributed by atoms with E-state index >= 15 is 0 Å². The zero-order valence-electron chi connectivity index (χ0n) is 27.4. The van der Waals surface area contributed by atoms with Gasteiger partial charge in [-0.2, -0.15) is 0 Å². The van der Waals surface area contributed by atoms with Crippen molar-refractivity contribution in [3.8, 4) is 39.1 Å². The van der Waals surface area contributed by atoms with Crippen LogP contribution in [0.4, 0.5) is 0 Å². The first-order chi connectivity index (χ1) is 25.2. The molecule has 51 heavy (non-hydrogen) atoms. The Balaban J connectivity index is 0.989. The highest BCUT2D eigenvalue weighted by Gasteiger charge is 2.15. The normalized spacial score (nSPS) is 11.9. The maximum atomic E-state index is 6.09. The standard InChI is InChI=1S/C47H28N2OS/c1-3-13-42-36(11-1)37-21-22-48-28-43(37)49(42)35-17-20-47-41(27-35)40-26-34(16-19-46(40)51-47)32-10-6-8-30(24-32)29-7-5-9-31(23-29)33-15-18-45-39(25-33)38-12-2-4-14-44(38)50-45/h1-28H. The maximum absolute atomic E-state index is 6.09. The van der Waals surface area contributed by atoms with Crippen LogP contribution in [0.5, 0.6) is 0 Å². The quantitative estimate of drug-likeness (QED) is 0.187. The van der Waals surface area contributed by atoms with Crippen LogP contribution in [0.15, 0.2) is 175 Å². The van der Waals surface area contributed by atoms with Gasteiger partial charge in [0.15, 0.2) is 0 Å². The molecule has 7 aromatic carbocycles. The first-order valence-electron chi connectivity index (χ1n) is 17.2. The topological polar surface area (TPSA) is 31.0 Å². The van der Waals surface area contributed by atoms with E-state index in [4.69, 9.17) is 4.42 Å². The van der Waals surface area contributed by atoms with Crippen molar-refractivity contribution in [2.24, 2.45) is 0 Å². The monoisotopic (exact) mass is 668 g/mol. The molecule has 11 aromatic rings. The Kier molecular flexibility index (Phi) is 6.12. The first kappa shape index (κ1) is 28.4. The lowest BCUT2D eigenvalue weighted by molar-refractivity contribution is 0.669. The zero-order chi connectivity index (χ0) is 33.5. The Morgan fingerprint density at radius 1 is 0.412 bits per heavy atom. The van der Waals surface area contributed by atoms with Crippen molar-refractivity contribution in [2.45, 2.75) is 0 Å². The number of thiophene rings is 1. The van der Waals surface area contributed by atoms with Gasteiger partial charge in [-0.05, 0) is 106 Å². The van der Waals surface area contributed by atoms with Crippen molar-refractivity contribution >= 4 is 75.3 Å². The van der Waals surface area contributed by atoms with E-state index in [1.807, 2.05) is 35.9 Å². The molecule has 0 saturated carbocycles. The van der Waals surface area contributed by atoms with Crippen LogP contribution in [0.25, 0.3) is 103 Å². The lowest BCUT2D eigenvalue weighted by Crippen LogP contribution is -1.93. The van der Waals surface area contributed by atoms with Crippen LogP contribution in [0.2, 0.25) is 0 Å². The largest absolute Gasteiger partial charge is 0.456 e. The van der Waals surface area contributed by atoms with Gasteiger partial charge in [-0.15, -0.1) is 11.3 Å². The average molecular weight is 669 g/mol. The van der Waals surface area contributed by atoms with E-state index in [0.29, 0.717) is 0 Å². The maximum Gasteiger partial charge on any atom is 0.135 e. The van der Waals surface area contributed by atoms with Crippen molar-refractivity contribution in [1.29, 1.82) is 0 Å². The van der Waals surface area contributed by atoms with E-state index in [0.717, 1.165) is 33.1 Å². The van der Waals surface area contributed by atoms with Gasteiger partial charge in [-0.3, -0.25) is 4.98 Å². The summed E-state index contributed by atoms with van der Waals surface area (Å²) in [5, 5.41) is 7.31. The van der Waals surface area contributed by atoms with Gasteiger partial charge in [0.2, 0.25) is 0 Å². The minimum absolute atomic E-state index is 0.916. The second kappa shape index (κ2) is 11.0. The van der Waals surface area contributed by atoms with Crippen molar-refractivity contribution in [3.63, 3.8) is 0 Å². The molecule has 0 saturated heterocycles. The number of aromatic nitrogens is 2. The van der Waals surface area contributed by atoms with Gasteiger partial charge >= 0.3 is 0 Å². The molecule has 4 heteroatoms. The van der Waals surface area contributed by atoms with Crippen molar-refractivity contribution in [3.05, 3.63) is 170 Å². The van der Waals surface area contributed by atoms with E-state index < -0.39 is 0 Å². The number of fused-ring (bicyclic) bond motifs is 9. The van der Waals surface area contributed by atoms with Crippen LogP contribution in [0.1, 0.15) is 0 Å². The smallest absolute Gasteiger partial charge is 0.135 e. The summed E-state index contributed by atoms with van der Waals surface area (Å²) in [7, 11) is 0. The Morgan fingerprint density at radius 3 is 1.78 bits per heavy atom. The molecule has 0 atom stereocenters. The predicted octanol–water partition coefficient (Wildman–Crippen LogP) is 13.4. The van der Waals surface area contributed by atoms with Gasteiger partial charge in [0.05, 0.1) is 17.2 Å². The Bertz CT molecular complexity index is 3110. The number of furan rings is 1. The molecule has 0 aliphatic carbocycles. The Hall–Kier alpha value is -6.49. The summed E-state index contributed by atoms with van der Waals surface area (Å²) < 4.78 is 11.0. The van der Waals surface area contributed by atoms with Gasteiger partial charge in [0, 0.05) is 53.6 Å². The molecule has 0 spiro atoms. The summed E-state index contributed by atoms with van der Waals surface area (Å²) in [4.78, 5) is 4.49. The Morgan fingerprint density at radius 2 is 1.00 bits per heavy atom. The number of para-hydroxylation sites is 2. The third-order valence-electron chi connectivity index (χ3n) is 10.3. The van der Waals surface area contributed by atoms with Crippen LogP contribution >= 0.6 is 11.3 Å². The number of pyridine rings is 1. The fourth-order valence-corrected chi connectivity index (χ4v) is 8.91. The molecule has 0 radical (unpaired) electrons. The lowest BCUT2D eigenvalue weighted by atomic mass is 9.95. The highest BCUT2D eigenvalue weighted by atomic mass is 32.1. The van der Waals surface area contributed by atoms with E-state index in [1.165, 1.54) is 69.8 Å². The number of hydrogen-bond donors (Lipinski definition) is 0. The number of hydrogen-bond acceptors (Lipinski definition) is 3. The summed E-state index contributed by atoms with van der Waals surface area (Å²) >= 11 is 1.85. The molecule has 0 fully saturated rings.